The van der Waals surface area contributed by atoms with Crippen LogP contribution in [0.2, 0.25) is 0 Å². The molecule has 0 aliphatic rings. The zero-order valence-corrected chi connectivity index (χ0v) is 12.4. The first-order valence-electron chi connectivity index (χ1n) is 7.01. The van der Waals surface area contributed by atoms with E-state index in [0.29, 0.717) is 31.7 Å². The van der Waals surface area contributed by atoms with Crippen molar-refractivity contribution in [3.05, 3.63) is 29.3 Å². The van der Waals surface area contributed by atoms with Gasteiger partial charge >= 0.3 is 6.18 Å². The Bertz CT molecular complexity index is 422. The lowest BCUT2D eigenvalue weighted by atomic mass is 10.1. The maximum Gasteiger partial charge on any atom is 0.419 e. The van der Waals surface area contributed by atoms with Crippen LogP contribution in [0.3, 0.4) is 0 Å². The Morgan fingerprint density at radius 3 is 2.48 bits per heavy atom. The molecule has 0 aliphatic heterocycles. The number of nitrogens with one attached hydrogen (secondary N) is 1. The fourth-order valence-corrected chi connectivity index (χ4v) is 1.83. The topological polar surface area (TPSA) is 30.5 Å². The summed E-state index contributed by atoms with van der Waals surface area (Å²) >= 11 is 0. The molecule has 21 heavy (non-hydrogen) atoms. The van der Waals surface area contributed by atoms with E-state index >= 15 is 0 Å². The van der Waals surface area contributed by atoms with Gasteiger partial charge in [-0.1, -0.05) is 13.0 Å². The minimum atomic E-state index is -4.41. The molecule has 0 unspecified atom stereocenters. The molecule has 120 valence electrons. The van der Waals surface area contributed by atoms with E-state index < -0.39 is 11.7 Å². The molecule has 0 spiro atoms. The maximum absolute atomic E-state index is 13.1. The highest BCUT2D eigenvalue weighted by Gasteiger charge is 2.34. The van der Waals surface area contributed by atoms with Crippen LogP contribution in [0.25, 0.3) is 0 Å². The summed E-state index contributed by atoms with van der Waals surface area (Å²) in [5.74, 6) is -0.111. The number of rotatable bonds is 9. The van der Waals surface area contributed by atoms with Crippen LogP contribution < -0.4 is 10.1 Å². The van der Waals surface area contributed by atoms with Gasteiger partial charge in [0.15, 0.2) is 0 Å². The van der Waals surface area contributed by atoms with Crippen LogP contribution in [-0.4, -0.2) is 26.9 Å². The SMILES string of the molecule is CCNCc1ccc(OCCCCOC)c(C(F)(F)F)c1. The Kier molecular flexibility index (Phi) is 7.53. The van der Waals surface area contributed by atoms with Gasteiger partial charge < -0.3 is 14.8 Å². The summed E-state index contributed by atoms with van der Waals surface area (Å²) < 4.78 is 49.3. The molecule has 0 aliphatic carbocycles. The number of ether oxygens (including phenoxy) is 2. The fourth-order valence-electron chi connectivity index (χ4n) is 1.83. The molecule has 1 aromatic carbocycles. The molecule has 3 nitrogen and oxygen atoms in total. The molecule has 1 N–H and O–H groups in total. The molecule has 0 heterocycles. The van der Waals surface area contributed by atoms with Crippen LogP contribution in [0, 0.1) is 0 Å². The summed E-state index contributed by atoms with van der Waals surface area (Å²) in [5.41, 5.74) is -0.124. The molecule has 0 atom stereocenters. The predicted molar refractivity (Wildman–Crippen MR) is 75.4 cm³/mol. The predicted octanol–water partition coefficient (Wildman–Crippen LogP) is 3.62. The Hall–Kier alpha value is -1.27. The van der Waals surface area contributed by atoms with Gasteiger partial charge in [-0.3, -0.25) is 0 Å². The number of halogens is 3. The summed E-state index contributed by atoms with van der Waals surface area (Å²) in [4.78, 5) is 0. The Morgan fingerprint density at radius 2 is 1.86 bits per heavy atom. The highest BCUT2D eigenvalue weighted by Crippen LogP contribution is 2.36. The van der Waals surface area contributed by atoms with Crippen molar-refractivity contribution in [3.63, 3.8) is 0 Å². The van der Waals surface area contributed by atoms with E-state index in [0.717, 1.165) is 12.5 Å². The molecule has 0 saturated carbocycles. The van der Waals surface area contributed by atoms with Gasteiger partial charge in [-0.2, -0.15) is 13.2 Å². The first-order chi connectivity index (χ1) is 9.99. The van der Waals surface area contributed by atoms with Gasteiger partial charge in [0, 0.05) is 20.3 Å². The number of benzene rings is 1. The number of hydrogen-bond donors (Lipinski definition) is 1. The third kappa shape index (κ3) is 6.35. The molecule has 0 amide bonds. The van der Waals surface area contributed by atoms with E-state index in [1.807, 2.05) is 6.92 Å². The summed E-state index contributed by atoms with van der Waals surface area (Å²) in [5, 5.41) is 3.01. The summed E-state index contributed by atoms with van der Waals surface area (Å²) in [6.45, 7) is 3.85. The second-order valence-electron chi connectivity index (χ2n) is 4.66. The average molecular weight is 305 g/mol. The van der Waals surface area contributed by atoms with Crippen LogP contribution in [-0.2, 0) is 17.5 Å². The zero-order chi connectivity index (χ0) is 15.7. The monoisotopic (exact) mass is 305 g/mol. The van der Waals surface area contributed by atoms with Crippen molar-refractivity contribution in [1.82, 2.24) is 5.32 Å². The van der Waals surface area contributed by atoms with E-state index in [1.54, 1.807) is 13.2 Å². The Labute approximate surface area is 123 Å². The molecule has 1 rings (SSSR count). The number of alkyl halides is 3. The van der Waals surface area contributed by atoms with Crippen LogP contribution in [0.5, 0.6) is 5.75 Å². The quantitative estimate of drug-likeness (QED) is 0.707. The molecular weight excluding hydrogens is 283 g/mol. The van der Waals surface area contributed by atoms with Gasteiger partial charge in [-0.25, -0.2) is 0 Å². The highest BCUT2D eigenvalue weighted by atomic mass is 19.4. The smallest absolute Gasteiger partial charge is 0.419 e. The van der Waals surface area contributed by atoms with Crippen molar-refractivity contribution in [2.24, 2.45) is 0 Å². The molecular formula is C15H22F3NO2. The first-order valence-corrected chi connectivity index (χ1v) is 7.01. The van der Waals surface area contributed by atoms with E-state index in [2.05, 4.69) is 5.32 Å². The second kappa shape index (κ2) is 8.89. The lowest BCUT2D eigenvalue weighted by Gasteiger charge is -2.15. The number of hydrogen-bond acceptors (Lipinski definition) is 3. The molecule has 0 bridgehead atoms. The van der Waals surface area contributed by atoms with Crippen molar-refractivity contribution < 1.29 is 22.6 Å². The molecule has 0 aromatic heterocycles. The maximum atomic E-state index is 13.1. The van der Waals surface area contributed by atoms with E-state index in [1.165, 1.54) is 6.07 Å². The standard InChI is InChI=1S/C15H22F3NO2/c1-3-19-11-12-6-7-14(13(10-12)15(16,17)18)21-9-5-4-8-20-2/h6-7,10,19H,3-5,8-9,11H2,1-2H3. The van der Waals surface area contributed by atoms with Gasteiger partial charge in [-0.05, 0) is 37.1 Å². The van der Waals surface area contributed by atoms with Gasteiger partial charge in [0.25, 0.3) is 0 Å². The Balaban J connectivity index is 2.73. The minimum Gasteiger partial charge on any atom is -0.493 e. The summed E-state index contributed by atoms with van der Waals surface area (Å²) in [7, 11) is 1.59. The van der Waals surface area contributed by atoms with Gasteiger partial charge in [-0.15, -0.1) is 0 Å². The van der Waals surface area contributed by atoms with Crippen molar-refractivity contribution in [3.8, 4) is 5.75 Å². The van der Waals surface area contributed by atoms with Crippen molar-refractivity contribution in [2.75, 3.05) is 26.9 Å². The molecule has 0 radical (unpaired) electrons. The van der Waals surface area contributed by atoms with Gasteiger partial charge in [0.1, 0.15) is 5.75 Å². The number of methoxy groups -OCH3 is 1. The van der Waals surface area contributed by atoms with E-state index in [-0.39, 0.29) is 12.4 Å². The van der Waals surface area contributed by atoms with Crippen LogP contribution in [0.4, 0.5) is 13.2 Å². The highest BCUT2D eigenvalue weighted by molar-refractivity contribution is 5.39. The lowest BCUT2D eigenvalue weighted by Crippen LogP contribution is -2.14. The average Bonchev–Trinajstić information content (AvgIpc) is 2.44. The van der Waals surface area contributed by atoms with Crippen molar-refractivity contribution in [2.45, 2.75) is 32.5 Å². The van der Waals surface area contributed by atoms with Crippen LogP contribution in [0.1, 0.15) is 30.9 Å². The van der Waals surface area contributed by atoms with E-state index in [4.69, 9.17) is 9.47 Å². The normalized spacial score (nSPS) is 11.7. The van der Waals surface area contributed by atoms with Crippen molar-refractivity contribution in [1.29, 1.82) is 0 Å². The fraction of sp³-hybridized carbons (Fsp3) is 0.600. The summed E-state index contributed by atoms with van der Waals surface area (Å²) in [6, 6.07) is 4.20. The lowest BCUT2D eigenvalue weighted by molar-refractivity contribution is -0.139. The molecule has 0 fully saturated rings. The van der Waals surface area contributed by atoms with Crippen LogP contribution in [0.15, 0.2) is 18.2 Å². The third-order valence-corrected chi connectivity index (χ3v) is 2.93. The van der Waals surface area contributed by atoms with Crippen molar-refractivity contribution >= 4 is 0 Å². The van der Waals surface area contributed by atoms with Gasteiger partial charge in [0.2, 0.25) is 0 Å². The molecule has 6 heteroatoms. The van der Waals surface area contributed by atoms with Crippen LogP contribution >= 0.6 is 0 Å². The second-order valence-corrected chi connectivity index (χ2v) is 4.66. The van der Waals surface area contributed by atoms with Gasteiger partial charge in [0.05, 0.1) is 12.2 Å². The number of unbranched alkanes of at least 4 members (excludes halogenated alkanes) is 1. The zero-order valence-electron chi connectivity index (χ0n) is 12.4. The largest absolute Gasteiger partial charge is 0.493 e. The Morgan fingerprint density at radius 1 is 1.14 bits per heavy atom. The summed E-state index contributed by atoms with van der Waals surface area (Å²) in [6.07, 6.45) is -3.00. The van der Waals surface area contributed by atoms with E-state index in [9.17, 15) is 13.2 Å². The first kappa shape index (κ1) is 17.8. The molecule has 1 aromatic rings. The third-order valence-electron chi connectivity index (χ3n) is 2.93. The minimum absolute atomic E-state index is 0.111. The molecule has 0 saturated heterocycles.